The molecule has 0 fully saturated rings. The second-order valence-corrected chi connectivity index (χ2v) is 5.24. The van der Waals surface area contributed by atoms with Crippen molar-refractivity contribution in [2.75, 3.05) is 6.61 Å². The Hall–Kier alpha value is -1.87. The number of aromatic nitrogens is 1. The third kappa shape index (κ3) is 5.96. The van der Waals surface area contributed by atoms with Gasteiger partial charge in [-0.05, 0) is 54.7 Å². The highest BCUT2D eigenvalue weighted by Crippen LogP contribution is 2.11. The lowest BCUT2D eigenvalue weighted by atomic mass is 10.1. The van der Waals surface area contributed by atoms with Gasteiger partial charge in [-0.1, -0.05) is 23.7 Å². The minimum absolute atomic E-state index is 0.153. The summed E-state index contributed by atoms with van der Waals surface area (Å²) in [5.41, 5.74) is 2.30. The molecule has 0 N–H and O–H groups in total. The highest BCUT2D eigenvalue weighted by Gasteiger charge is 2.04. The minimum atomic E-state index is -0.153. The fourth-order valence-electron chi connectivity index (χ4n) is 1.98. The topological polar surface area (TPSA) is 39.2 Å². The minimum Gasteiger partial charge on any atom is -0.466 e. The average molecular weight is 304 g/mol. The Morgan fingerprint density at radius 1 is 1.00 bits per heavy atom. The first-order valence-corrected chi connectivity index (χ1v) is 7.41. The summed E-state index contributed by atoms with van der Waals surface area (Å²) in [7, 11) is 0. The summed E-state index contributed by atoms with van der Waals surface area (Å²) in [6.45, 7) is 0.460. The van der Waals surface area contributed by atoms with Gasteiger partial charge in [0, 0.05) is 23.8 Å². The number of carbonyl (C=O) groups is 1. The molecule has 0 spiro atoms. The van der Waals surface area contributed by atoms with Crippen molar-refractivity contribution in [3.05, 3.63) is 64.9 Å². The van der Waals surface area contributed by atoms with Crippen LogP contribution in [0.25, 0.3) is 0 Å². The average Bonchev–Trinajstić information content (AvgIpc) is 2.52. The van der Waals surface area contributed by atoms with Gasteiger partial charge in [0.15, 0.2) is 0 Å². The smallest absolute Gasteiger partial charge is 0.306 e. The van der Waals surface area contributed by atoms with E-state index in [0.29, 0.717) is 24.5 Å². The van der Waals surface area contributed by atoms with Crippen LogP contribution in [0.15, 0.2) is 48.8 Å². The van der Waals surface area contributed by atoms with Gasteiger partial charge in [0.05, 0.1) is 6.61 Å². The van der Waals surface area contributed by atoms with Crippen LogP contribution in [0.5, 0.6) is 0 Å². The van der Waals surface area contributed by atoms with Crippen LogP contribution in [0.2, 0.25) is 5.02 Å². The molecular formula is C17H18ClNO2. The van der Waals surface area contributed by atoms with Gasteiger partial charge >= 0.3 is 5.97 Å². The molecule has 0 saturated carbocycles. The van der Waals surface area contributed by atoms with Crippen molar-refractivity contribution in [3.8, 4) is 0 Å². The Labute approximate surface area is 129 Å². The predicted octanol–water partition coefficient (Wildman–Crippen LogP) is 3.84. The Morgan fingerprint density at radius 3 is 2.38 bits per heavy atom. The lowest BCUT2D eigenvalue weighted by Crippen LogP contribution is -2.07. The first kappa shape index (κ1) is 15.5. The Bertz CT molecular complexity index is 555. The van der Waals surface area contributed by atoms with E-state index in [4.69, 9.17) is 16.3 Å². The van der Waals surface area contributed by atoms with Crippen molar-refractivity contribution in [3.63, 3.8) is 0 Å². The lowest BCUT2D eigenvalue weighted by Gasteiger charge is -2.05. The fraction of sp³-hybridized carbons (Fsp3) is 0.294. The molecule has 2 aromatic rings. The zero-order chi connectivity index (χ0) is 14.9. The van der Waals surface area contributed by atoms with Crippen molar-refractivity contribution < 1.29 is 9.53 Å². The Kier molecular flexibility index (Phi) is 6.22. The number of carbonyl (C=O) groups excluding carboxylic acids is 1. The number of halogens is 1. The molecule has 0 unspecified atom stereocenters. The number of pyridine rings is 1. The van der Waals surface area contributed by atoms with Crippen LogP contribution < -0.4 is 0 Å². The number of hydrogen-bond donors (Lipinski definition) is 0. The predicted molar refractivity (Wildman–Crippen MR) is 83.3 cm³/mol. The van der Waals surface area contributed by atoms with Crippen LogP contribution in [0, 0.1) is 0 Å². The number of esters is 1. The van der Waals surface area contributed by atoms with E-state index in [9.17, 15) is 4.79 Å². The van der Waals surface area contributed by atoms with E-state index in [1.165, 1.54) is 5.56 Å². The standard InChI is InChI=1S/C17H18ClNO2/c18-16-6-3-15(4-7-16)5-8-17(20)21-13-1-2-14-9-11-19-12-10-14/h3-4,6-7,9-12H,1-2,5,8,13H2. The molecular weight excluding hydrogens is 286 g/mol. The quantitative estimate of drug-likeness (QED) is 0.576. The summed E-state index contributed by atoms with van der Waals surface area (Å²) in [6, 6.07) is 11.5. The largest absolute Gasteiger partial charge is 0.466 e. The monoisotopic (exact) mass is 303 g/mol. The van der Waals surface area contributed by atoms with Crippen LogP contribution >= 0.6 is 11.6 Å². The van der Waals surface area contributed by atoms with Gasteiger partial charge in [0.25, 0.3) is 0 Å². The molecule has 0 radical (unpaired) electrons. The molecule has 0 aliphatic heterocycles. The van der Waals surface area contributed by atoms with Crippen LogP contribution in [0.4, 0.5) is 0 Å². The van der Waals surface area contributed by atoms with E-state index in [1.54, 1.807) is 12.4 Å². The van der Waals surface area contributed by atoms with Gasteiger partial charge in [-0.2, -0.15) is 0 Å². The van der Waals surface area contributed by atoms with Gasteiger partial charge in [0.1, 0.15) is 0 Å². The number of rotatable bonds is 7. The van der Waals surface area contributed by atoms with Gasteiger partial charge in [0.2, 0.25) is 0 Å². The molecule has 0 bridgehead atoms. The summed E-state index contributed by atoms with van der Waals surface area (Å²) in [6.07, 6.45) is 6.35. The van der Waals surface area contributed by atoms with Crippen LogP contribution in [0.1, 0.15) is 24.0 Å². The Morgan fingerprint density at radius 2 is 1.67 bits per heavy atom. The molecule has 0 aliphatic carbocycles. The van der Waals surface area contributed by atoms with Gasteiger partial charge in [-0.25, -0.2) is 0 Å². The second-order valence-electron chi connectivity index (χ2n) is 4.81. The summed E-state index contributed by atoms with van der Waals surface area (Å²) in [5.74, 6) is -0.153. The number of nitrogens with zero attached hydrogens (tertiary/aromatic N) is 1. The maximum absolute atomic E-state index is 11.6. The van der Waals surface area contributed by atoms with E-state index in [1.807, 2.05) is 36.4 Å². The summed E-state index contributed by atoms with van der Waals surface area (Å²) >= 11 is 5.81. The summed E-state index contributed by atoms with van der Waals surface area (Å²) in [5, 5.41) is 0.706. The van der Waals surface area contributed by atoms with Gasteiger partial charge < -0.3 is 4.74 Å². The first-order valence-electron chi connectivity index (χ1n) is 7.03. The first-order chi connectivity index (χ1) is 10.2. The summed E-state index contributed by atoms with van der Waals surface area (Å²) in [4.78, 5) is 15.6. The van der Waals surface area contributed by atoms with E-state index >= 15 is 0 Å². The molecule has 1 aromatic carbocycles. The van der Waals surface area contributed by atoms with Crippen molar-refractivity contribution >= 4 is 17.6 Å². The number of hydrogen-bond acceptors (Lipinski definition) is 3. The second kappa shape index (κ2) is 8.42. The van der Waals surface area contributed by atoms with Crippen LogP contribution in [0.3, 0.4) is 0 Å². The lowest BCUT2D eigenvalue weighted by molar-refractivity contribution is -0.143. The molecule has 4 heteroatoms. The number of benzene rings is 1. The third-order valence-electron chi connectivity index (χ3n) is 3.15. The third-order valence-corrected chi connectivity index (χ3v) is 3.41. The SMILES string of the molecule is O=C(CCc1ccc(Cl)cc1)OCCCc1ccncc1. The Balaban J connectivity index is 1.60. The molecule has 1 heterocycles. The fourth-order valence-corrected chi connectivity index (χ4v) is 2.11. The van der Waals surface area contributed by atoms with E-state index in [0.717, 1.165) is 18.4 Å². The number of ether oxygens (including phenoxy) is 1. The molecule has 2 rings (SSSR count). The molecule has 0 saturated heterocycles. The zero-order valence-corrected chi connectivity index (χ0v) is 12.6. The van der Waals surface area contributed by atoms with Crippen molar-refractivity contribution in [2.24, 2.45) is 0 Å². The van der Waals surface area contributed by atoms with E-state index < -0.39 is 0 Å². The maximum atomic E-state index is 11.6. The summed E-state index contributed by atoms with van der Waals surface area (Å²) < 4.78 is 5.23. The molecule has 110 valence electrons. The highest BCUT2D eigenvalue weighted by atomic mass is 35.5. The van der Waals surface area contributed by atoms with E-state index in [-0.39, 0.29) is 5.97 Å². The van der Waals surface area contributed by atoms with Crippen molar-refractivity contribution in [1.82, 2.24) is 4.98 Å². The number of aryl methyl sites for hydroxylation is 2. The molecule has 3 nitrogen and oxygen atoms in total. The molecule has 0 amide bonds. The highest BCUT2D eigenvalue weighted by molar-refractivity contribution is 6.30. The maximum Gasteiger partial charge on any atom is 0.306 e. The molecule has 1 aromatic heterocycles. The zero-order valence-electron chi connectivity index (χ0n) is 11.8. The van der Waals surface area contributed by atoms with Crippen LogP contribution in [-0.2, 0) is 22.4 Å². The molecule has 0 aliphatic rings. The van der Waals surface area contributed by atoms with E-state index in [2.05, 4.69) is 4.98 Å². The van der Waals surface area contributed by atoms with Crippen molar-refractivity contribution in [2.45, 2.75) is 25.7 Å². The van der Waals surface area contributed by atoms with Crippen molar-refractivity contribution in [1.29, 1.82) is 0 Å². The molecule has 21 heavy (non-hydrogen) atoms. The normalized spacial score (nSPS) is 10.3. The van der Waals surface area contributed by atoms with Crippen LogP contribution in [-0.4, -0.2) is 17.6 Å². The van der Waals surface area contributed by atoms with Gasteiger partial charge in [-0.15, -0.1) is 0 Å². The molecule has 0 atom stereocenters. The van der Waals surface area contributed by atoms with Gasteiger partial charge in [-0.3, -0.25) is 9.78 Å².